The van der Waals surface area contributed by atoms with Gasteiger partial charge in [0.05, 0.1) is 5.56 Å². The number of carbonyl (C=O) groups is 2. The monoisotopic (exact) mass is 636 g/mol. The first-order valence-electron chi connectivity index (χ1n) is 18.4. The minimum absolute atomic E-state index is 0.103. The van der Waals surface area contributed by atoms with Gasteiger partial charge >= 0.3 is 5.97 Å². The molecular weight excluding hydrogens is 573 g/mol. The Morgan fingerprint density at radius 1 is 0.956 bits per heavy atom. The van der Waals surface area contributed by atoms with Crippen molar-refractivity contribution in [3.8, 4) is 0 Å². The number of esters is 1. The maximum absolute atomic E-state index is 13.5. The lowest BCUT2D eigenvalue weighted by atomic mass is 9.43. The number of hydrogen-bond donors (Lipinski definition) is 0. The second-order valence-electron chi connectivity index (χ2n) is 18.2. The Labute approximate surface area is 276 Å². The summed E-state index contributed by atoms with van der Waals surface area (Å²) < 4.78 is 13.5. The van der Waals surface area contributed by atoms with Gasteiger partial charge in [0.15, 0.2) is 8.32 Å². The van der Waals surface area contributed by atoms with E-state index in [1.165, 1.54) is 32.1 Å². The van der Waals surface area contributed by atoms with Crippen molar-refractivity contribution in [2.45, 2.75) is 150 Å². The minimum Gasteiger partial charge on any atom is -0.458 e. The van der Waals surface area contributed by atoms with Crippen LogP contribution in [0.1, 0.15) is 130 Å². The highest BCUT2D eigenvalue weighted by Crippen LogP contribution is 2.68. The van der Waals surface area contributed by atoms with Crippen LogP contribution in [0.2, 0.25) is 18.1 Å². The van der Waals surface area contributed by atoms with Crippen LogP contribution in [0, 0.1) is 52.3 Å². The predicted molar refractivity (Wildman–Crippen MR) is 187 cm³/mol. The van der Waals surface area contributed by atoms with Crippen molar-refractivity contribution in [2.24, 2.45) is 52.3 Å². The molecule has 0 bridgehead atoms. The van der Waals surface area contributed by atoms with Gasteiger partial charge in [-0.25, -0.2) is 4.79 Å². The SMILES string of the molecule is CC(C)C(CC[C@@H](C)[C@H]1CC[C@H]2[C@@H]3C(OC(=O)c4ccccc4)CC4CC(=O)CC[C@]4(C)[C@H]3CC[C@]12C)O[Si](C)(C)C(C)(C)C. The summed E-state index contributed by atoms with van der Waals surface area (Å²) in [6.45, 7) is 24.1. The fraction of sp³-hybridized carbons (Fsp3) is 0.800. The lowest BCUT2D eigenvalue weighted by molar-refractivity contribution is -0.170. The van der Waals surface area contributed by atoms with E-state index >= 15 is 0 Å². The number of Topliss-reactive ketones (excluding diaryl/α,β-unsaturated/α-hetero) is 1. The third-order valence-corrected chi connectivity index (χ3v) is 18.9. The molecule has 5 heteroatoms. The maximum Gasteiger partial charge on any atom is 0.338 e. The zero-order chi connectivity index (χ0) is 32.9. The number of hydrogen-bond acceptors (Lipinski definition) is 4. The van der Waals surface area contributed by atoms with E-state index in [4.69, 9.17) is 9.16 Å². The van der Waals surface area contributed by atoms with Crippen LogP contribution in [0.15, 0.2) is 30.3 Å². The zero-order valence-electron chi connectivity index (χ0n) is 30.3. The maximum atomic E-state index is 13.5. The van der Waals surface area contributed by atoms with Crippen LogP contribution in [0.25, 0.3) is 0 Å². The molecule has 0 heterocycles. The first-order valence-corrected chi connectivity index (χ1v) is 21.3. The van der Waals surface area contributed by atoms with Gasteiger partial charge in [0.25, 0.3) is 0 Å². The standard InChI is InChI=1S/C40H64O4Si/c1-26(2)34(44-45(9,10)38(4,5)6)19-16-27(3)31-17-18-32-36-33(21-23-40(31,32)8)39(7)22-20-30(41)24-29(39)25-35(36)43-37(42)28-14-12-11-13-15-28/h11-15,26-27,29,31-36H,16-25H2,1-10H3/t27-,29?,31-,32+,33+,34?,35?,36+,39+,40-/m1/s1. The van der Waals surface area contributed by atoms with E-state index in [0.29, 0.717) is 65.3 Å². The van der Waals surface area contributed by atoms with Crippen LogP contribution in [0.4, 0.5) is 0 Å². The second kappa shape index (κ2) is 12.9. The van der Waals surface area contributed by atoms with Crippen molar-refractivity contribution in [2.75, 3.05) is 0 Å². The molecule has 1 aromatic rings. The number of benzene rings is 1. The molecule has 0 radical (unpaired) electrons. The summed E-state index contributed by atoms with van der Waals surface area (Å²) in [5, 5.41) is 0.221. The van der Waals surface area contributed by atoms with Crippen LogP contribution in [-0.4, -0.2) is 32.3 Å². The van der Waals surface area contributed by atoms with Gasteiger partial charge in [0, 0.05) is 24.9 Å². The molecule has 10 atom stereocenters. The smallest absolute Gasteiger partial charge is 0.338 e. The summed E-state index contributed by atoms with van der Waals surface area (Å²) in [7, 11) is -1.83. The van der Waals surface area contributed by atoms with E-state index in [-0.39, 0.29) is 27.9 Å². The molecule has 1 aromatic carbocycles. The number of carbonyl (C=O) groups excluding carboxylic acids is 2. The molecule has 4 aliphatic rings. The van der Waals surface area contributed by atoms with Gasteiger partial charge in [0.2, 0.25) is 0 Å². The van der Waals surface area contributed by atoms with E-state index in [2.05, 4.69) is 68.5 Å². The number of fused-ring (bicyclic) bond motifs is 5. The summed E-state index contributed by atoms with van der Waals surface area (Å²) in [5.41, 5.74) is 1.07. The Hall–Kier alpha value is -1.46. The summed E-state index contributed by atoms with van der Waals surface area (Å²) in [6, 6.07) is 9.52. The van der Waals surface area contributed by atoms with Crippen LogP contribution in [0.3, 0.4) is 0 Å². The van der Waals surface area contributed by atoms with Crippen LogP contribution in [-0.2, 0) is 14.0 Å². The van der Waals surface area contributed by atoms with Gasteiger partial charge in [-0.3, -0.25) is 4.79 Å². The third-order valence-electron chi connectivity index (χ3n) is 14.4. The highest BCUT2D eigenvalue weighted by Gasteiger charge is 2.64. The zero-order valence-corrected chi connectivity index (χ0v) is 31.3. The molecule has 4 saturated carbocycles. The van der Waals surface area contributed by atoms with Gasteiger partial charge in [-0.1, -0.05) is 73.6 Å². The Morgan fingerprint density at radius 3 is 2.27 bits per heavy atom. The Kier molecular flexibility index (Phi) is 9.96. The molecule has 5 rings (SSSR count). The minimum atomic E-state index is -1.83. The van der Waals surface area contributed by atoms with Crippen molar-refractivity contribution in [1.29, 1.82) is 0 Å². The number of ether oxygens (including phenoxy) is 1. The lowest BCUT2D eigenvalue weighted by Gasteiger charge is -2.62. The first kappa shape index (κ1) is 34.9. The summed E-state index contributed by atoms with van der Waals surface area (Å²) in [4.78, 5) is 26.2. The van der Waals surface area contributed by atoms with Crippen molar-refractivity contribution < 1.29 is 18.8 Å². The van der Waals surface area contributed by atoms with Gasteiger partial charge in [-0.15, -0.1) is 0 Å². The molecule has 3 unspecified atom stereocenters. The molecule has 0 amide bonds. The Balaban J connectivity index is 1.36. The largest absolute Gasteiger partial charge is 0.458 e. The average Bonchev–Trinajstić information content (AvgIpc) is 3.32. The van der Waals surface area contributed by atoms with E-state index in [9.17, 15) is 9.59 Å². The molecule has 0 aromatic heterocycles. The summed E-state index contributed by atoms with van der Waals surface area (Å²) in [6.07, 6.45) is 10.8. The highest BCUT2D eigenvalue weighted by atomic mass is 28.4. The molecule has 0 saturated heterocycles. The van der Waals surface area contributed by atoms with E-state index in [0.717, 1.165) is 25.7 Å². The van der Waals surface area contributed by atoms with Crippen LogP contribution < -0.4 is 0 Å². The van der Waals surface area contributed by atoms with Gasteiger partial charge in [-0.2, -0.15) is 0 Å². The fourth-order valence-corrected chi connectivity index (χ4v) is 12.1. The van der Waals surface area contributed by atoms with Crippen molar-refractivity contribution >= 4 is 20.1 Å². The third kappa shape index (κ3) is 6.65. The topological polar surface area (TPSA) is 52.6 Å². The summed E-state index contributed by atoms with van der Waals surface area (Å²) in [5.74, 6) is 3.85. The van der Waals surface area contributed by atoms with E-state index < -0.39 is 8.32 Å². The normalized spacial score (nSPS) is 36.6. The molecule has 252 valence electrons. The fourth-order valence-electron chi connectivity index (χ4n) is 10.6. The molecule has 45 heavy (non-hydrogen) atoms. The van der Waals surface area contributed by atoms with Crippen molar-refractivity contribution in [3.63, 3.8) is 0 Å². The number of ketones is 1. The highest BCUT2D eigenvalue weighted by molar-refractivity contribution is 6.74. The molecular formula is C40H64O4Si. The van der Waals surface area contributed by atoms with Gasteiger partial charge < -0.3 is 9.16 Å². The van der Waals surface area contributed by atoms with Crippen LogP contribution >= 0.6 is 0 Å². The molecule has 0 aliphatic heterocycles. The Bertz CT molecular complexity index is 1200. The molecule has 4 fully saturated rings. The molecule has 0 N–H and O–H groups in total. The first-order chi connectivity index (χ1) is 21.0. The van der Waals surface area contributed by atoms with Crippen molar-refractivity contribution in [3.05, 3.63) is 35.9 Å². The summed E-state index contributed by atoms with van der Waals surface area (Å²) >= 11 is 0. The quantitative estimate of drug-likeness (QED) is 0.200. The van der Waals surface area contributed by atoms with E-state index in [1.807, 2.05) is 30.3 Å². The van der Waals surface area contributed by atoms with Crippen LogP contribution in [0.5, 0.6) is 0 Å². The van der Waals surface area contributed by atoms with Gasteiger partial charge in [-0.05, 0) is 128 Å². The van der Waals surface area contributed by atoms with Gasteiger partial charge in [0.1, 0.15) is 11.9 Å². The Morgan fingerprint density at radius 2 is 1.62 bits per heavy atom. The average molecular weight is 637 g/mol. The molecule has 0 spiro atoms. The lowest BCUT2D eigenvalue weighted by Crippen LogP contribution is -2.59. The second-order valence-corrected chi connectivity index (χ2v) is 23.0. The predicted octanol–water partition coefficient (Wildman–Crippen LogP) is 10.5. The molecule has 4 nitrogen and oxygen atoms in total. The van der Waals surface area contributed by atoms with Crippen molar-refractivity contribution in [1.82, 2.24) is 0 Å². The number of rotatable bonds is 9. The molecule has 4 aliphatic carbocycles. The van der Waals surface area contributed by atoms with E-state index in [1.54, 1.807) is 0 Å².